The number of methoxy groups -OCH3 is 1. The maximum Gasteiger partial charge on any atom is 0.251 e. The number of ether oxygens (including phenoxy) is 1. The summed E-state index contributed by atoms with van der Waals surface area (Å²) in [6.45, 7) is 3.54. The molecular weight excluding hydrogens is 416 g/mol. The Morgan fingerprint density at radius 2 is 1.87 bits per heavy atom. The van der Waals surface area contributed by atoms with Gasteiger partial charge in [0, 0.05) is 37.4 Å². The normalized spacial score (nSPS) is 17.7. The predicted octanol–water partition coefficient (Wildman–Crippen LogP) is 2.28. The number of carbonyl (C=O) groups is 2. The van der Waals surface area contributed by atoms with Gasteiger partial charge in [0.1, 0.15) is 11.3 Å². The topological polar surface area (TPSA) is 73.9 Å². The molecule has 0 bridgehead atoms. The number of carbonyl (C=O) groups excluding carboxylic acids is 2. The number of benzene rings is 2. The number of nitrogens with one attached hydrogen (secondary N) is 2. The lowest BCUT2D eigenvalue weighted by molar-refractivity contribution is -0.125. The van der Waals surface area contributed by atoms with Crippen molar-refractivity contribution in [3.05, 3.63) is 60.2 Å². The Hall–Kier alpha value is -2.77. The number of para-hydroxylation sites is 1. The summed E-state index contributed by atoms with van der Waals surface area (Å²) in [7, 11) is 1.59. The summed E-state index contributed by atoms with van der Waals surface area (Å²) < 4.78 is 5.17. The first-order valence-corrected chi connectivity index (χ1v) is 10.4. The lowest BCUT2D eigenvalue weighted by atomic mass is 9.85. The van der Waals surface area contributed by atoms with Crippen LogP contribution in [0.15, 0.2) is 54.6 Å². The van der Waals surface area contributed by atoms with Gasteiger partial charge in [-0.1, -0.05) is 24.3 Å². The van der Waals surface area contributed by atoms with E-state index < -0.39 is 5.54 Å². The van der Waals surface area contributed by atoms with E-state index in [9.17, 15) is 9.59 Å². The molecule has 2 saturated heterocycles. The fourth-order valence-corrected chi connectivity index (χ4v) is 4.37. The van der Waals surface area contributed by atoms with Crippen molar-refractivity contribution < 1.29 is 14.3 Å². The number of anilines is 1. The van der Waals surface area contributed by atoms with Crippen molar-refractivity contribution in [3.63, 3.8) is 0 Å². The fraction of sp³-hybridized carbons (Fsp3) is 0.391. The highest BCUT2D eigenvalue weighted by Gasteiger charge is 2.50. The minimum absolute atomic E-state index is 0. The Kier molecular flexibility index (Phi) is 7.41. The van der Waals surface area contributed by atoms with E-state index in [1.165, 1.54) is 0 Å². The first kappa shape index (κ1) is 22.9. The first-order chi connectivity index (χ1) is 14.6. The molecule has 4 rings (SSSR count). The van der Waals surface area contributed by atoms with Gasteiger partial charge in [0.2, 0.25) is 5.91 Å². The average molecular weight is 445 g/mol. The van der Waals surface area contributed by atoms with Gasteiger partial charge >= 0.3 is 0 Å². The molecule has 0 atom stereocenters. The van der Waals surface area contributed by atoms with Crippen molar-refractivity contribution >= 4 is 29.9 Å². The van der Waals surface area contributed by atoms with Crippen LogP contribution in [0.3, 0.4) is 0 Å². The van der Waals surface area contributed by atoms with E-state index in [-0.39, 0.29) is 24.2 Å². The maximum absolute atomic E-state index is 12.7. The van der Waals surface area contributed by atoms with E-state index in [0.29, 0.717) is 24.5 Å². The van der Waals surface area contributed by atoms with Crippen LogP contribution in [0.5, 0.6) is 5.75 Å². The van der Waals surface area contributed by atoms with Gasteiger partial charge in [0.15, 0.2) is 0 Å². The lowest BCUT2D eigenvalue weighted by Crippen LogP contribution is -2.57. The third kappa shape index (κ3) is 4.78. The molecular formula is C23H29ClN4O3. The van der Waals surface area contributed by atoms with E-state index in [1.807, 2.05) is 30.3 Å². The molecule has 1 spiro atoms. The molecule has 0 unspecified atom stereocenters. The third-order valence-corrected chi connectivity index (χ3v) is 6.13. The second-order valence-corrected chi connectivity index (χ2v) is 7.79. The molecule has 2 amide bonds. The molecule has 2 N–H and O–H groups in total. The molecule has 2 heterocycles. The van der Waals surface area contributed by atoms with Crippen molar-refractivity contribution in [1.29, 1.82) is 0 Å². The summed E-state index contributed by atoms with van der Waals surface area (Å²) in [5, 5.41) is 6.01. The zero-order valence-corrected chi connectivity index (χ0v) is 18.5. The lowest BCUT2D eigenvalue weighted by Gasteiger charge is -2.43. The van der Waals surface area contributed by atoms with E-state index >= 15 is 0 Å². The fourth-order valence-electron chi connectivity index (χ4n) is 4.37. The largest absolute Gasteiger partial charge is 0.497 e. The van der Waals surface area contributed by atoms with Crippen molar-refractivity contribution in [2.75, 3.05) is 44.9 Å². The van der Waals surface area contributed by atoms with Crippen molar-refractivity contribution in [2.24, 2.45) is 0 Å². The van der Waals surface area contributed by atoms with E-state index in [1.54, 1.807) is 19.2 Å². The smallest absolute Gasteiger partial charge is 0.251 e. The molecule has 2 aliphatic rings. The summed E-state index contributed by atoms with van der Waals surface area (Å²) in [6.07, 6.45) is 1.55. The Morgan fingerprint density at radius 1 is 1.13 bits per heavy atom. The molecule has 7 nitrogen and oxygen atoms in total. The van der Waals surface area contributed by atoms with Crippen LogP contribution in [0.25, 0.3) is 0 Å². The van der Waals surface area contributed by atoms with Crippen LogP contribution in [0.4, 0.5) is 5.69 Å². The molecule has 2 aromatic rings. The highest BCUT2D eigenvalue weighted by atomic mass is 35.5. The SMILES string of the molecule is COc1cccc(C(=O)NCCN2CCC3(CC2)C(=O)NCN3c2ccccc2)c1.Cl. The Balaban J connectivity index is 0.00000272. The number of hydrogen-bond acceptors (Lipinski definition) is 5. The van der Waals surface area contributed by atoms with Crippen LogP contribution >= 0.6 is 12.4 Å². The summed E-state index contributed by atoms with van der Waals surface area (Å²) in [6, 6.07) is 17.3. The molecule has 0 aromatic heterocycles. The minimum Gasteiger partial charge on any atom is -0.497 e. The van der Waals surface area contributed by atoms with Gasteiger partial charge < -0.3 is 25.2 Å². The number of halogens is 1. The molecule has 2 aromatic carbocycles. The summed E-state index contributed by atoms with van der Waals surface area (Å²) in [5.41, 5.74) is 1.20. The second kappa shape index (κ2) is 10.0. The van der Waals surface area contributed by atoms with Crippen LogP contribution < -0.4 is 20.3 Å². The Bertz CT molecular complexity index is 901. The van der Waals surface area contributed by atoms with Crippen LogP contribution in [-0.4, -0.2) is 62.2 Å². The Labute approximate surface area is 189 Å². The zero-order chi connectivity index (χ0) is 21.0. The predicted molar refractivity (Wildman–Crippen MR) is 123 cm³/mol. The Morgan fingerprint density at radius 3 is 2.58 bits per heavy atom. The summed E-state index contributed by atoms with van der Waals surface area (Å²) in [5.74, 6) is 0.687. The van der Waals surface area contributed by atoms with Gasteiger partial charge in [-0.3, -0.25) is 9.59 Å². The number of piperidine rings is 1. The summed E-state index contributed by atoms with van der Waals surface area (Å²) in [4.78, 5) is 29.6. The monoisotopic (exact) mass is 444 g/mol. The van der Waals surface area contributed by atoms with Crippen LogP contribution in [0.2, 0.25) is 0 Å². The average Bonchev–Trinajstić information content (AvgIpc) is 3.11. The quantitative estimate of drug-likeness (QED) is 0.715. The van der Waals surface area contributed by atoms with Crippen LogP contribution in [-0.2, 0) is 4.79 Å². The second-order valence-electron chi connectivity index (χ2n) is 7.79. The van der Waals surface area contributed by atoms with Crippen LogP contribution in [0, 0.1) is 0 Å². The maximum atomic E-state index is 12.7. The first-order valence-electron chi connectivity index (χ1n) is 10.4. The molecule has 31 heavy (non-hydrogen) atoms. The zero-order valence-electron chi connectivity index (χ0n) is 17.7. The third-order valence-electron chi connectivity index (χ3n) is 6.13. The molecule has 0 aliphatic carbocycles. The highest BCUT2D eigenvalue weighted by molar-refractivity contribution is 5.94. The standard InChI is InChI=1S/C23H28N4O3.ClH/c1-30-20-9-5-6-18(16-20)21(28)24-12-15-26-13-10-23(11-14-26)22(29)25-17-27(23)19-7-3-2-4-8-19;/h2-9,16H,10-15,17H2,1H3,(H,24,28)(H,25,29);1H. The molecule has 0 radical (unpaired) electrons. The van der Waals surface area contributed by atoms with Gasteiger partial charge in [0.25, 0.3) is 5.91 Å². The van der Waals surface area contributed by atoms with Crippen molar-refractivity contribution in [1.82, 2.24) is 15.5 Å². The molecule has 2 fully saturated rings. The van der Waals surface area contributed by atoms with Gasteiger partial charge in [0.05, 0.1) is 13.8 Å². The van der Waals surface area contributed by atoms with Crippen molar-refractivity contribution in [3.8, 4) is 5.75 Å². The molecule has 8 heteroatoms. The van der Waals surface area contributed by atoms with Crippen LogP contribution in [0.1, 0.15) is 23.2 Å². The number of rotatable bonds is 6. The number of nitrogens with zero attached hydrogens (tertiary/aromatic N) is 2. The molecule has 0 saturated carbocycles. The minimum atomic E-state index is -0.471. The number of hydrogen-bond donors (Lipinski definition) is 2. The number of likely N-dealkylation sites (tertiary alicyclic amines) is 1. The molecule has 166 valence electrons. The van der Waals surface area contributed by atoms with Gasteiger partial charge in [-0.2, -0.15) is 0 Å². The van der Waals surface area contributed by atoms with E-state index in [4.69, 9.17) is 4.74 Å². The highest BCUT2D eigenvalue weighted by Crippen LogP contribution is 2.35. The van der Waals surface area contributed by atoms with E-state index in [0.717, 1.165) is 38.2 Å². The molecule has 2 aliphatic heterocycles. The van der Waals surface area contributed by atoms with Gasteiger partial charge in [-0.05, 0) is 43.2 Å². The van der Waals surface area contributed by atoms with Crippen molar-refractivity contribution in [2.45, 2.75) is 18.4 Å². The summed E-state index contributed by atoms with van der Waals surface area (Å²) >= 11 is 0. The number of amides is 2. The van der Waals surface area contributed by atoms with Gasteiger partial charge in [-0.15, -0.1) is 12.4 Å². The van der Waals surface area contributed by atoms with Gasteiger partial charge in [-0.25, -0.2) is 0 Å². The van der Waals surface area contributed by atoms with E-state index in [2.05, 4.69) is 32.6 Å².